The minimum absolute atomic E-state index is 0.760. The Kier molecular flexibility index (Phi) is 5.04. The topological polar surface area (TPSA) is 39.1 Å². The van der Waals surface area contributed by atoms with Crippen LogP contribution in [-0.4, -0.2) is 23.4 Å². The molecule has 1 aromatic heterocycles. The predicted octanol–water partition coefficient (Wildman–Crippen LogP) is 2.72. The van der Waals surface area contributed by atoms with Crippen molar-refractivity contribution in [3.05, 3.63) is 46.1 Å². The summed E-state index contributed by atoms with van der Waals surface area (Å²) < 4.78 is 7.14. The van der Waals surface area contributed by atoms with Crippen LogP contribution in [0.3, 0.4) is 0 Å². The molecule has 0 saturated heterocycles. The number of rotatable bonds is 6. The molecule has 0 amide bonds. The van der Waals surface area contributed by atoms with Gasteiger partial charge in [-0.25, -0.2) is 4.68 Å². The molecule has 0 fully saturated rings. The molecule has 108 valence electrons. The zero-order valence-corrected chi connectivity index (χ0v) is 12.9. The number of hydrogen-bond donors (Lipinski definition) is 1. The van der Waals surface area contributed by atoms with Crippen molar-refractivity contribution in [3.63, 3.8) is 0 Å². The van der Waals surface area contributed by atoms with Crippen molar-refractivity contribution in [1.29, 1.82) is 0 Å². The molecule has 20 heavy (non-hydrogen) atoms. The summed E-state index contributed by atoms with van der Waals surface area (Å²) in [4.78, 5) is 0. The van der Waals surface area contributed by atoms with Gasteiger partial charge in [0.25, 0.3) is 0 Å². The molecule has 0 bridgehead atoms. The van der Waals surface area contributed by atoms with Gasteiger partial charge in [-0.1, -0.05) is 23.7 Å². The highest BCUT2D eigenvalue weighted by Crippen LogP contribution is 2.20. The summed E-state index contributed by atoms with van der Waals surface area (Å²) in [6.45, 7) is 3.66. The van der Waals surface area contributed by atoms with E-state index < -0.39 is 0 Å². The molecule has 2 aromatic rings. The van der Waals surface area contributed by atoms with Crippen molar-refractivity contribution in [1.82, 2.24) is 15.1 Å². The molecule has 0 aliphatic carbocycles. The fraction of sp³-hybridized carbons (Fsp3) is 0.400. The van der Waals surface area contributed by atoms with E-state index in [1.54, 1.807) is 11.8 Å². The summed E-state index contributed by atoms with van der Waals surface area (Å²) in [5.74, 6) is 0.821. The van der Waals surface area contributed by atoms with E-state index in [-0.39, 0.29) is 0 Å². The van der Waals surface area contributed by atoms with Crippen molar-refractivity contribution >= 4 is 11.6 Å². The van der Waals surface area contributed by atoms with Crippen LogP contribution >= 0.6 is 11.6 Å². The quantitative estimate of drug-likeness (QED) is 0.833. The van der Waals surface area contributed by atoms with E-state index in [4.69, 9.17) is 16.3 Å². The van der Waals surface area contributed by atoms with Crippen LogP contribution in [-0.2, 0) is 20.0 Å². The van der Waals surface area contributed by atoms with Crippen molar-refractivity contribution in [2.75, 3.05) is 13.7 Å². The summed E-state index contributed by atoms with van der Waals surface area (Å²) in [7, 11) is 3.57. The highest BCUT2D eigenvalue weighted by atomic mass is 35.5. The monoisotopic (exact) mass is 293 g/mol. The lowest BCUT2D eigenvalue weighted by Crippen LogP contribution is -2.17. The first-order valence-electron chi connectivity index (χ1n) is 6.63. The lowest BCUT2D eigenvalue weighted by molar-refractivity contribution is 0.368. The third-order valence-electron chi connectivity index (χ3n) is 3.29. The van der Waals surface area contributed by atoms with Crippen molar-refractivity contribution in [2.45, 2.75) is 19.9 Å². The SMILES string of the molecule is COc1c(CNCCc2ccc(Cl)cc2)c(C)nn1C. The maximum atomic E-state index is 5.87. The van der Waals surface area contributed by atoms with E-state index in [2.05, 4.69) is 22.5 Å². The molecule has 0 radical (unpaired) electrons. The fourth-order valence-corrected chi connectivity index (χ4v) is 2.36. The molecule has 1 aromatic carbocycles. The standard InChI is InChI=1S/C15H20ClN3O/c1-11-14(15(20-3)19(2)18-11)10-17-9-8-12-4-6-13(16)7-5-12/h4-7,17H,8-10H2,1-3H3. The average molecular weight is 294 g/mol. The van der Waals surface area contributed by atoms with E-state index in [9.17, 15) is 0 Å². The highest BCUT2D eigenvalue weighted by molar-refractivity contribution is 6.30. The second kappa shape index (κ2) is 6.77. The van der Waals surface area contributed by atoms with Gasteiger partial charge >= 0.3 is 0 Å². The first-order chi connectivity index (χ1) is 9.61. The lowest BCUT2D eigenvalue weighted by Gasteiger charge is -2.07. The highest BCUT2D eigenvalue weighted by Gasteiger charge is 2.12. The van der Waals surface area contributed by atoms with Crippen LogP contribution in [0.5, 0.6) is 5.88 Å². The minimum atomic E-state index is 0.760. The molecule has 0 aliphatic rings. The molecule has 5 heteroatoms. The van der Waals surface area contributed by atoms with Gasteiger partial charge < -0.3 is 10.1 Å². The first kappa shape index (κ1) is 14.9. The Morgan fingerprint density at radius 1 is 1.30 bits per heavy atom. The fourth-order valence-electron chi connectivity index (χ4n) is 2.24. The maximum Gasteiger partial charge on any atom is 0.216 e. The van der Waals surface area contributed by atoms with E-state index in [1.165, 1.54) is 5.56 Å². The summed E-state index contributed by atoms with van der Waals surface area (Å²) in [5, 5.41) is 8.57. The Morgan fingerprint density at radius 2 is 2.00 bits per heavy atom. The Balaban J connectivity index is 1.86. The van der Waals surface area contributed by atoms with Crippen molar-refractivity contribution in [3.8, 4) is 5.88 Å². The van der Waals surface area contributed by atoms with Crippen LogP contribution < -0.4 is 10.1 Å². The summed E-state index contributed by atoms with van der Waals surface area (Å²) in [6.07, 6.45) is 0.971. The summed E-state index contributed by atoms with van der Waals surface area (Å²) >= 11 is 5.87. The second-order valence-corrected chi connectivity index (χ2v) is 5.19. The van der Waals surface area contributed by atoms with Crippen molar-refractivity contribution < 1.29 is 4.74 Å². The normalized spacial score (nSPS) is 10.8. The Hall–Kier alpha value is -1.52. The summed E-state index contributed by atoms with van der Waals surface area (Å²) in [5.41, 5.74) is 3.39. The van der Waals surface area contributed by atoms with Gasteiger partial charge in [0.05, 0.1) is 18.4 Å². The molecular weight excluding hydrogens is 274 g/mol. The van der Waals surface area contributed by atoms with Gasteiger partial charge in [-0.2, -0.15) is 5.10 Å². The third kappa shape index (κ3) is 3.52. The number of aryl methyl sites for hydroxylation is 2. The number of benzene rings is 1. The number of halogens is 1. The molecule has 0 aliphatic heterocycles. The number of nitrogens with one attached hydrogen (secondary N) is 1. The molecule has 0 unspecified atom stereocenters. The average Bonchev–Trinajstić information content (AvgIpc) is 2.70. The molecule has 1 heterocycles. The van der Waals surface area contributed by atoms with Gasteiger partial charge in [0, 0.05) is 18.6 Å². The van der Waals surface area contributed by atoms with Crippen LogP contribution in [0.4, 0.5) is 0 Å². The van der Waals surface area contributed by atoms with Crippen LogP contribution in [0.25, 0.3) is 0 Å². The molecule has 1 N–H and O–H groups in total. The second-order valence-electron chi connectivity index (χ2n) is 4.75. The largest absolute Gasteiger partial charge is 0.481 e. The van der Waals surface area contributed by atoms with E-state index in [0.717, 1.165) is 41.7 Å². The Morgan fingerprint density at radius 3 is 2.65 bits per heavy atom. The molecule has 0 atom stereocenters. The smallest absolute Gasteiger partial charge is 0.216 e. The molecule has 2 rings (SSSR count). The number of hydrogen-bond acceptors (Lipinski definition) is 3. The zero-order chi connectivity index (χ0) is 14.5. The molecule has 0 spiro atoms. The minimum Gasteiger partial charge on any atom is -0.481 e. The van der Waals surface area contributed by atoms with Crippen LogP contribution in [0, 0.1) is 6.92 Å². The van der Waals surface area contributed by atoms with Gasteiger partial charge in [0.15, 0.2) is 0 Å². The number of ether oxygens (including phenoxy) is 1. The predicted molar refractivity (Wildman–Crippen MR) is 81.4 cm³/mol. The zero-order valence-electron chi connectivity index (χ0n) is 12.1. The lowest BCUT2D eigenvalue weighted by atomic mass is 10.1. The van der Waals surface area contributed by atoms with Crippen LogP contribution in [0.2, 0.25) is 5.02 Å². The Labute approximate surface area is 124 Å². The number of aromatic nitrogens is 2. The Bertz CT molecular complexity index is 563. The molecule has 4 nitrogen and oxygen atoms in total. The summed E-state index contributed by atoms with van der Waals surface area (Å²) in [6, 6.07) is 7.95. The third-order valence-corrected chi connectivity index (χ3v) is 3.54. The van der Waals surface area contributed by atoms with Gasteiger partial charge in [-0.3, -0.25) is 0 Å². The van der Waals surface area contributed by atoms with Gasteiger partial charge in [-0.15, -0.1) is 0 Å². The number of nitrogens with zero attached hydrogens (tertiary/aromatic N) is 2. The molecular formula is C15H20ClN3O. The molecule has 0 saturated carbocycles. The van der Waals surface area contributed by atoms with E-state index in [1.807, 2.05) is 26.1 Å². The van der Waals surface area contributed by atoms with Gasteiger partial charge in [0.2, 0.25) is 5.88 Å². The first-order valence-corrected chi connectivity index (χ1v) is 7.01. The van der Waals surface area contributed by atoms with Gasteiger partial charge in [-0.05, 0) is 37.6 Å². The van der Waals surface area contributed by atoms with Crippen molar-refractivity contribution in [2.24, 2.45) is 7.05 Å². The number of methoxy groups -OCH3 is 1. The van der Waals surface area contributed by atoms with Crippen LogP contribution in [0.15, 0.2) is 24.3 Å². The van der Waals surface area contributed by atoms with E-state index >= 15 is 0 Å². The van der Waals surface area contributed by atoms with E-state index in [0.29, 0.717) is 0 Å². The van der Waals surface area contributed by atoms with Gasteiger partial charge in [0.1, 0.15) is 0 Å². The van der Waals surface area contributed by atoms with Crippen LogP contribution in [0.1, 0.15) is 16.8 Å². The maximum absolute atomic E-state index is 5.87.